The van der Waals surface area contributed by atoms with Gasteiger partial charge in [0.1, 0.15) is 0 Å². The number of aryl methyl sites for hydroxylation is 1. The zero-order chi connectivity index (χ0) is 18.1. The van der Waals surface area contributed by atoms with E-state index in [4.69, 9.17) is 28.9 Å². The summed E-state index contributed by atoms with van der Waals surface area (Å²) < 4.78 is 1.81. The second kappa shape index (κ2) is 7.36. The van der Waals surface area contributed by atoms with E-state index >= 15 is 0 Å². The average Bonchev–Trinajstić information content (AvgIpc) is 3.17. The van der Waals surface area contributed by atoms with Crippen LogP contribution in [0.1, 0.15) is 23.4 Å². The molecule has 1 aromatic heterocycles. The molecule has 0 radical (unpaired) electrons. The minimum atomic E-state index is 0.135. The fourth-order valence-electron chi connectivity index (χ4n) is 3.31. The lowest BCUT2D eigenvalue weighted by Gasteiger charge is -2.16. The highest BCUT2D eigenvalue weighted by Crippen LogP contribution is 2.26. The van der Waals surface area contributed by atoms with Crippen LogP contribution in [0.4, 0.5) is 0 Å². The molecule has 0 aliphatic carbocycles. The number of halogens is 2. The summed E-state index contributed by atoms with van der Waals surface area (Å²) in [6.07, 6.45) is 1.35. The summed E-state index contributed by atoms with van der Waals surface area (Å²) in [4.78, 5) is 14.5. The highest BCUT2D eigenvalue weighted by molar-refractivity contribution is 6.42. The molecule has 25 heavy (non-hydrogen) atoms. The molecule has 0 spiro atoms. The maximum atomic E-state index is 12.6. The molecule has 134 valence electrons. The van der Waals surface area contributed by atoms with Crippen LogP contribution in [-0.4, -0.2) is 40.2 Å². The van der Waals surface area contributed by atoms with E-state index in [1.807, 2.05) is 29.5 Å². The lowest BCUT2D eigenvalue weighted by molar-refractivity contribution is -0.129. The quantitative estimate of drug-likeness (QED) is 0.885. The second-order valence-electron chi connectivity index (χ2n) is 6.57. The third-order valence-electron chi connectivity index (χ3n) is 4.89. The normalized spacial score (nSPS) is 17.3. The molecular weight excluding hydrogens is 359 g/mol. The Bertz CT molecular complexity index is 803. The minimum Gasteiger partial charge on any atom is -0.342 e. The van der Waals surface area contributed by atoms with Crippen molar-refractivity contribution in [1.82, 2.24) is 14.7 Å². The van der Waals surface area contributed by atoms with Gasteiger partial charge in [0.2, 0.25) is 5.91 Å². The van der Waals surface area contributed by atoms with Crippen LogP contribution < -0.4 is 5.73 Å². The van der Waals surface area contributed by atoms with E-state index in [1.165, 1.54) is 0 Å². The molecule has 2 aromatic rings. The first kappa shape index (κ1) is 18.2. The maximum Gasteiger partial charge on any atom is 0.227 e. The van der Waals surface area contributed by atoms with Crippen molar-refractivity contribution in [2.75, 3.05) is 19.6 Å². The second-order valence-corrected chi connectivity index (χ2v) is 7.38. The molecule has 7 heteroatoms. The molecule has 1 amide bonds. The molecule has 1 fully saturated rings. The van der Waals surface area contributed by atoms with Crippen LogP contribution in [0.15, 0.2) is 18.2 Å². The number of carbonyl (C=O) groups is 1. The largest absolute Gasteiger partial charge is 0.342 e. The van der Waals surface area contributed by atoms with Gasteiger partial charge in [0.25, 0.3) is 0 Å². The molecule has 2 N–H and O–H groups in total. The van der Waals surface area contributed by atoms with Gasteiger partial charge < -0.3 is 10.6 Å². The predicted molar refractivity (Wildman–Crippen MR) is 101 cm³/mol. The van der Waals surface area contributed by atoms with Crippen LogP contribution in [-0.2, 0) is 11.2 Å². The monoisotopic (exact) mass is 380 g/mol. The first-order valence-corrected chi connectivity index (χ1v) is 9.14. The number of nitrogens with two attached hydrogens (primary N) is 1. The van der Waals surface area contributed by atoms with E-state index < -0.39 is 0 Å². The van der Waals surface area contributed by atoms with Crippen LogP contribution in [0, 0.1) is 19.8 Å². The van der Waals surface area contributed by atoms with E-state index in [0.717, 1.165) is 42.1 Å². The van der Waals surface area contributed by atoms with Gasteiger partial charge in [-0.3, -0.25) is 4.79 Å². The molecule has 2 heterocycles. The lowest BCUT2D eigenvalue weighted by atomic mass is 10.1. The molecule has 5 nitrogen and oxygen atoms in total. The van der Waals surface area contributed by atoms with Gasteiger partial charge in [0.05, 0.1) is 27.8 Å². The van der Waals surface area contributed by atoms with Crippen molar-refractivity contribution in [3.8, 4) is 5.69 Å². The Morgan fingerprint density at radius 2 is 2.08 bits per heavy atom. The van der Waals surface area contributed by atoms with Crippen molar-refractivity contribution in [2.24, 2.45) is 11.7 Å². The minimum absolute atomic E-state index is 0.135. The number of carbonyl (C=O) groups excluding carboxylic acids is 1. The van der Waals surface area contributed by atoms with Crippen molar-refractivity contribution < 1.29 is 4.79 Å². The fourth-order valence-corrected chi connectivity index (χ4v) is 3.61. The molecule has 3 rings (SSSR count). The standard InChI is InChI=1S/C18H22Cl2N4O/c1-11-15(8-18(25)23-6-5-13(9-21)10-23)12(2)24(22-11)14-3-4-16(19)17(20)7-14/h3-4,7,13H,5-6,8-10,21H2,1-2H3. The Labute approximate surface area is 157 Å². The molecule has 1 aliphatic rings. The molecule has 0 bridgehead atoms. The summed E-state index contributed by atoms with van der Waals surface area (Å²) in [6, 6.07) is 5.39. The van der Waals surface area contributed by atoms with Crippen LogP contribution in [0.3, 0.4) is 0 Å². The smallest absolute Gasteiger partial charge is 0.227 e. The van der Waals surface area contributed by atoms with E-state index in [2.05, 4.69) is 5.10 Å². The van der Waals surface area contributed by atoms with Crippen molar-refractivity contribution in [1.29, 1.82) is 0 Å². The molecule has 0 saturated carbocycles. The molecule has 1 unspecified atom stereocenters. The van der Waals surface area contributed by atoms with Crippen molar-refractivity contribution >= 4 is 29.1 Å². The van der Waals surface area contributed by atoms with Gasteiger partial charge in [-0.05, 0) is 50.9 Å². The average molecular weight is 381 g/mol. The molecule has 1 atom stereocenters. The first-order chi connectivity index (χ1) is 11.9. The van der Waals surface area contributed by atoms with E-state index in [9.17, 15) is 4.79 Å². The van der Waals surface area contributed by atoms with Gasteiger partial charge in [-0.15, -0.1) is 0 Å². The fraction of sp³-hybridized carbons (Fsp3) is 0.444. The topological polar surface area (TPSA) is 64.2 Å². The number of rotatable bonds is 4. The number of nitrogens with zero attached hydrogens (tertiary/aromatic N) is 3. The predicted octanol–water partition coefficient (Wildman–Crippen LogP) is 3.15. The van der Waals surface area contributed by atoms with Gasteiger partial charge in [0, 0.05) is 24.3 Å². The summed E-state index contributed by atoms with van der Waals surface area (Å²) in [6.45, 7) is 6.08. The zero-order valence-electron chi connectivity index (χ0n) is 14.4. The zero-order valence-corrected chi connectivity index (χ0v) is 15.9. The van der Waals surface area contributed by atoms with Crippen molar-refractivity contribution in [2.45, 2.75) is 26.7 Å². The molecule has 1 saturated heterocycles. The number of aromatic nitrogens is 2. The van der Waals surface area contributed by atoms with Gasteiger partial charge in [-0.2, -0.15) is 5.10 Å². The highest BCUT2D eigenvalue weighted by atomic mass is 35.5. The van der Waals surface area contributed by atoms with E-state index in [-0.39, 0.29) is 5.91 Å². The Hall–Kier alpha value is -1.56. The van der Waals surface area contributed by atoms with Crippen LogP contribution in [0.2, 0.25) is 10.0 Å². The van der Waals surface area contributed by atoms with Crippen LogP contribution in [0.25, 0.3) is 5.69 Å². The number of hydrogen-bond donors (Lipinski definition) is 1. The maximum absolute atomic E-state index is 12.6. The van der Waals surface area contributed by atoms with Gasteiger partial charge >= 0.3 is 0 Å². The van der Waals surface area contributed by atoms with Crippen LogP contribution >= 0.6 is 23.2 Å². The third kappa shape index (κ3) is 3.68. The summed E-state index contributed by atoms with van der Waals surface area (Å²) in [5.74, 6) is 0.556. The molecule has 1 aliphatic heterocycles. The summed E-state index contributed by atoms with van der Waals surface area (Å²) in [5, 5.41) is 5.57. The van der Waals surface area contributed by atoms with Gasteiger partial charge in [0.15, 0.2) is 0 Å². The summed E-state index contributed by atoms with van der Waals surface area (Å²) in [5.41, 5.74) is 9.31. The van der Waals surface area contributed by atoms with Gasteiger partial charge in [-0.1, -0.05) is 23.2 Å². The van der Waals surface area contributed by atoms with E-state index in [1.54, 1.807) is 12.1 Å². The van der Waals surface area contributed by atoms with Crippen molar-refractivity contribution in [3.05, 3.63) is 45.2 Å². The van der Waals surface area contributed by atoms with Gasteiger partial charge in [-0.25, -0.2) is 4.68 Å². The Morgan fingerprint density at radius 3 is 2.72 bits per heavy atom. The number of benzene rings is 1. The van der Waals surface area contributed by atoms with E-state index in [0.29, 0.717) is 28.9 Å². The number of likely N-dealkylation sites (tertiary alicyclic amines) is 1. The first-order valence-electron chi connectivity index (χ1n) is 8.39. The SMILES string of the molecule is Cc1nn(-c2ccc(Cl)c(Cl)c2)c(C)c1CC(=O)N1CCC(CN)C1. The Morgan fingerprint density at radius 1 is 1.32 bits per heavy atom. The lowest BCUT2D eigenvalue weighted by Crippen LogP contribution is -2.31. The van der Waals surface area contributed by atoms with Crippen LogP contribution in [0.5, 0.6) is 0 Å². The molecule has 1 aromatic carbocycles. The third-order valence-corrected chi connectivity index (χ3v) is 5.63. The van der Waals surface area contributed by atoms with Crippen molar-refractivity contribution in [3.63, 3.8) is 0 Å². The number of amides is 1. The number of hydrogen-bond acceptors (Lipinski definition) is 3. The molecular formula is C18H22Cl2N4O. The summed E-state index contributed by atoms with van der Waals surface area (Å²) in [7, 11) is 0. The Balaban J connectivity index is 1.82. The summed E-state index contributed by atoms with van der Waals surface area (Å²) >= 11 is 12.1. The highest BCUT2D eigenvalue weighted by Gasteiger charge is 2.26. The Kier molecular flexibility index (Phi) is 5.37.